The van der Waals surface area contributed by atoms with Gasteiger partial charge in [-0.05, 0) is 51.3 Å². The van der Waals surface area contributed by atoms with Crippen LogP contribution in [0.2, 0.25) is 5.02 Å². The smallest absolute Gasteiger partial charge is 0.410 e. The molecule has 0 saturated carbocycles. The summed E-state index contributed by atoms with van der Waals surface area (Å²) in [6.45, 7) is 7.86. The van der Waals surface area contributed by atoms with Crippen LogP contribution in [0.3, 0.4) is 0 Å². The second kappa shape index (κ2) is 7.86. The number of amides is 1. The van der Waals surface area contributed by atoms with Gasteiger partial charge in [-0.1, -0.05) is 33.6 Å². The normalized spacial score (nSPS) is 18.8. The highest BCUT2D eigenvalue weighted by atomic mass is 79.9. The lowest BCUT2D eigenvalue weighted by atomic mass is 10.1. The second-order valence-electron chi connectivity index (χ2n) is 6.88. The van der Waals surface area contributed by atoms with Gasteiger partial charge < -0.3 is 15.0 Å². The minimum Gasteiger partial charge on any atom is -0.444 e. The van der Waals surface area contributed by atoms with Crippen LogP contribution in [-0.4, -0.2) is 35.7 Å². The molecule has 0 aromatic heterocycles. The molecule has 1 heterocycles. The fraction of sp³-hybridized carbons (Fsp3) is 0.588. The van der Waals surface area contributed by atoms with E-state index in [4.69, 9.17) is 16.3 Å². The van der Waals surface area contributed by atoms with Crippen molar-refractivity contribution in [2.75, 3.05) is 13.1 Å². The van der Waals surface area contributed by atoms with E-state index in [0.29, 0.717) is 6.54 Å². The van der Waals surface area contributed by atoms with E-state index in [1.807, 2.05) is 39.0 Å². The fourth-order valence-electron chi connectivity index (χ4n) is 2.56. The van der Waals surface area contributed by atoms with Crippen molar-refractivity contribution in [1.29, 1.82) is 0 Å². The molecule has 1 fully saturated rings. The zero-order valence-electron chi connectivity index (χ0n) is 13.9. The van der Waals surface area contributed by atoms with E-state index in [1.54, 1.807) is 4.90 Å². The van der Waals surface area contributed by atoms with E-state index >= 15 is 0 Å². The minimum absolute atomic E-state index is 0.225. The number of ether oxygens (including phenoxy) is 1. The highest BCUT2D eigenvalue weighted by molar-refractivity contribution is 9.10. The van der Waals surface area contributed by atoms with Gasteiger partial charge >= 0.3 is 6.09 Å². The molecule has 1 amide bonds. The van der Waals surface area contributed by atoms with Crippen LogP contribution in [0.4, 0.5) is 4.79 Å². The SMILES string of the molecule is CC(C)(C)OC(=O)N1CCCC(NCc2ccc(Cl)cc2Br)C1. The van der Waals surface area contributed by atoms with Crippen molar-refractivity contribution in [2.24, 2.45) is 0 Å². The number of carbonyl (C=O) groups excluding carboxylic acids is 1. The Balaban J connectivity index is 1.87. The van der Waals surface area contributed by atoms with Gasteiger partial charge in [0, 0.05) is 35.2 Å². The summed E-state index contributed by atoms with van der Waals surface area (Å²) in [5.74, 6) is 0. The Labute approximate surface area is 151 Å². The minimum atomic E-state index is -0.453. The van der Waals surface area contributed by atoms with Gasteiger partial charge in [-0.3, -0.25) is 0 Å². The summed E-state index contributed by atoms with van der Waals surface area (Å²) in [5, 5.41) is 4.24. The number of hydrogen-bond acceptors (Lipinski definition) is 3. The molecule has 1 unspecified atom stereocenters. The lowest BCUT2D eigenvalue weighted by Gasteiger charge is -2.34. The first-order chi connectivity index (χ1) is 10.7. The summed E-state index contributed by atoms with van der Waals surface area (Å²) >= 11 is 9.50. The van der Waals surface area contributed by atoms with Crippen molar-refractivity contribution in [3.05, 3.63) is 33.3 Å². The molecule has 2 rings (SSSR count). The van der Waals surface area contributed by atoms with Crippen LogP contribution in [-0.2, 0) is 11.3 Å². The third kappa shape index (κ3) is 5.98. The molecule has 0 bridgehead atoms. The number of hydrogen-bond donors (Lipinski definition) is 1. The Hall–Kier alpha value is -0.780. The molecule has 0 aliphatic carbocycles. The maximum atomic E-state index is 12.2. The molecule has 4 nitrogen and oxygen atoms in total. The van der Waals surface area contributed by atoms with Gasteiger partial charge in [-0.25, -0.2) is 4.79 Å². The Morgan fingerprint density at radius 1 is 1.48 bits per heavy atom. The summed E-state index contributed by atoms with van der Waals surface area (Å²) in [7, 11) is 0. The average molecular weight is 404 g/mol. The van der Waals surface area contributed by atoms with E-state index in [0.717, 1.165) is 41.0 Å². The third-order valence-corrected chi connectivity index (χ3v) is 4.64. The Bertz CT molecular complexity index is 560. The molecule has 128 valence electrons. The Morgan fingerprint density at radius 3 is 2.87 bits per heavy atom. The van der Waals surface area contributed by atoms with E-state index in [-0.39, 0.29) is 12.1 Å². The molecule has 1 atom stereocenters. The summed E-state index contributed by atoms with van der Waals surface area (Å²) in [5.41, 5.74) is 0.704. The maximum Gasteiger partial charge on any atom is 0.410 e. The summed E-state index contributed by atoms with van der Waals surface area (Å²) in [6.07, 6.45) is 1.82. The number of carbonyl (C=O) groups is 1. The van der Waals surface area contributed by atoms with Crippen LogP contribution in [0.5, 0.6) is 0 Å². The van der Waals surface area contributed by atoms with Crippen LogP contribution in [0, 0.1) is 0 Å². The first-order valence-corrected chi connectivity index (χ1v) is 9.07. The van der Waals surface area contributed by atoms with Gasteiger partial charge in [0.05, 0.1) is 0 Å². The highest BCUT2D eigenvalue weighted by Gasteiger charge is 2.27. The number of likely N-dealkylation sites (tertiary alicyclic amines) is 1. The predicted octanol–water partition coefficient (Wildman–Crippen LogP) is 4.59. The number of rotatable bonds is 3. The van der Waals surface area contributed by atoms with Crippen molar-refractivity contribution < 1.29 is 9.53 Å². The van der Waals surface area contributed by atoms with Crippen LogP contribution >= 0.6 is 27.5 Å². The van der Waals surface area contributed by atoms with E-state index < -0.39 is 5.60 Å². The number of nitrogens with zero attached hydrogens (tertiary/aromatic N) is 1. The van der Waals surface area contributed by atoms with E-state index in [2.05, 4.69) is 21.2 Å². The molecule has 23 heavy (non-hydrogen) atoms. The maximum absolute atomic E-state index is 12.2. The van der Waals surface area contributed by atoms with Gasteiger partial charge in [0.1, 0.15) is 5.60 Å². The number of piperidine rings is 1. The lowest BCUT2D eigenvalue weighted by Crippen LogP contribution is -2.49. The highest BCUT2D eigenvalue weighted by Crippen LogP contribution is 2.22. The largest absolute Gasteiger partial charge is 0.444 e. The van der Waals surface area contributed by atoms with Crippen LogP contribution in [0.1, 0.15) is 39.2 Å². The molecule has 1 aliphatic heterocycles. The molecule has 6 heteroatoms. The number of benzene rings is 1. The molecule has 1 saturated heterocycles. The quantitative estimate of drug-likeness (QED) is 0.802. The molecule has 1 N–H and O–H groups in total. The Morgan fingerprint density at radius 2 is 2.22 bits per heavy atom. The van der Waals surface area contributed by atoms with E-state index in [1.165, 1.54) is 0 Å². The van der Waals surface area contributed by atoms with Crippen molar-refractivity contribution >= 4 is 33.6 Å². The first-order valence-electron chi connectivity index (χ1n) is 7.90. The summed E-state index contributed by atoms with van der Waals surface area (Å²) in [4.78, 5) is 14.0. The molecular formula is C17H24BrClN2O2. The van der Waals surface area contributed by atoms with Crippen molar-refractivity contribution in [3.8, 4) is 0 Å². The van der Waals surface area contributed by atoms with Gasteiger partial charge in [0.15, 0.2) is 0 Å². The van der Waals surface area contributed by atoms with Crippen molar-refractivity contribution in [3.63, 3.8) is 0 Å². The van der Waals surface area contributed by atoms with Crippen molar-refractivity contribution in [2.45, 2.75) is 51.8 Å². The molecule has 0 spiro atoms. The summed E-state index contributed by atoms with van der Waals surface area (Å²) < 4.78 is 6.46. The molecule has 1 aromatic carbocycles. The van der Waals surface area contributed by atoms with Crippen LogP contribution in [0.15, 0.2) is 22.7 Å². The summed E-state index contributed by atoms with van der Waals surface area (Å²) in [6, 6.07) is 6.07. The monoisotopic (exact) mass is 402 g/mol. The van der Waals surface area contributed by atoms with E-state index in [9.17, 15) is 4.79 Å². The fourth-order valence-corrected chi connectivity index (χ4v) is 3.38. The Kier molecular flexibility index (Phi) is 6.34. The second-order valence-corrected chi connectivity index (χ2v) is 8.17. The number of nitrogens with one attached hydrogen (secondary N) is 1. The first kappa shape index (κ1) is 18.6. The average Bonchev–Trinajstić information content (AvgIpc) is 2.45. The lowest BCUT2D eigenvalue weighted by molar-refractivity contribution is 0.0187. The van der Waals surface area contributed by atoms with Gasteiger partial charge in [-0.15, -0.1) is 0 Å². The van der Waals surface area contributed by atoms with Gasteiger partial charge in [0.2, 0.25) is 0 Å². The van der Waals surface area contributed by atoms with Gasteiger partial charge in [-0.2, -0.15) is 0 Å². The number of halogens is 2. The van der Waals surface area contributed by atoms with Crippen LogP contribution < -0.4 is 5.32 Å². The zero-order valence-corrected chi connectivity index (χ0v) is 16.2. The predicted molar refractivity (Wildman–Crippen MR) is 96.8 cm³/mol. The standard InChI is InChI=1S/C17H24BrClN2O2/c1-17(2,3)23-16(22)21-8-4-5-14(11-21)20-10-12-6-7-13(19)9-15(12)18/h6-7,9,14,20H,4-5,8,10-11H2,1-3H3. The van der Waals surface area contributed by atoms with Crippen molar-refractivity contribution in [1.82, 2.24) is 10.2 Å². The van der Waals surface area contributed by atoms with Gasteiger partial charge in [0.25, 0.3) is 0 Å². The molecular weight excluding hydrogens is 380 g/mol. The molecule has 1 aliphatic rings. The van der Waals surface area contributed by atoms with Crippen LogP contribution in [0.25, 0.3) is 0 Å². The molecule has 0 radical (unpaired) electrons. The topological polar surface area (TPSA) is 41.6 Å². The third-order valence-electron chi connectivity index (χ3n) is 3.67. The molecule has 1 aromatic rings. The zero-order chi connectivity index (χ0) is 17.0.